The Hall–Kier alpha value is -3.14. The molecule has 2 aliphatic rings. The zero-order chi connectivity index (χ0) is 28.3. The maximum atomic E-state index is 13.7. The summed E-state index contributed by atoms with van der Waals surface area (Å²) >= 11 is 8.36. The summed E-state index contributed by atoms with van der Waals surface area (Å²) in [5.41, 5.74) is 3.21. The maximum Gasteiger partial charge on any atom is 0.346 e. The first-order chi connectivity index (χ1) is 18.6. The summed E-state index contributed by atoms with van der Waals surface area (Å²) < 4.78 is 11.1. The fourth-order valence-electron chi connectivity index (χ4n) is 4.34. The first-order valence-electron chi connectivity index (χ1n) is 12.5. The third kappa shape index (κ3) is 5.76. The first-order valence-corrected chi connectivity index (χ1v) is 14.6. The van der Waals surface area contributed by atoms with E-state index in [1.165, 1.54) is 0 Å². The molecule has 0 spiro atoms. The van der Waals surface area contributed by atoms with Gasteiger partial charge in [-0.1, -0.05) is 78.2 Å². The van der Waals surface area contributed by atoms with Crippen molar-refractivity contribution < 1.29 is 23.9 Å². The minimum atomic E-state index is -0.880. The lowest BCUT2D eigenvalue weighted by Crippen LogP contribution is -2.55. The fraction of sp³-hybridized carbons (Fsp3) is 0.267. The summed E-state index contributed by atoms with van der Waals surface area (Å²) in [4.78, 5) is 41.9. The predicted octanol–water partition coefficient (Wildman–Crippen LogP) is 6.69. The van der Waals surface area contributed by atoms with E-state index in [2.05, 4.69) is 0 Å². The van der Waals surface area contributed by atoms with E-state index in [9.17, 15) is 14.4 Å². The molecule has 0 aromatic heterocycles. The van der Waals surface area contributed by atoms with Crippen LogP contribution in [-0.4, -0.2) is 41.5 Å². The molecule has 0 atom stereocenters. The number of ether oxygens (including phenoxy) is 2. The number of rotatable bonds is 6. The Morgan fingerprint density at radius 2 is 1.54 bits per heavy atom. The van der Waals surface area contributed by atoms with Crippen LogP contribution in [0.4, 0.5) is 5.69 Å². The molecule has 0 fully saturated rings. The van der Waals surface area contributed by atoms with Gasteiger partial charge >= 0.3 is 11.9 Å². The highest BCUT2D eigenvalue weighted by molar-refractivity contribution is 8.29. The number of anilines is 1. The smallest absolute Gasteiger partial charge is 0.346 e. The van der Waals surface area contributed by atoms with Crippen LogP contribution in [0.15, 0.2) is 68.7 Å². The van der Waals surface area contributed by atoms with Gasteiger partial charge in [-0.25, -0.2) is 9.59 Å². The second kappa shape index (κ2) is 11.9. The van der Waals surface area contributed by atoms with Crippen molar-refractivity contribution in [2.24, 2.45) is 0 Å². The van der Waals surface area contributed by atoms with Crippen molar-refractivity contribution in [2.45, 2.75) is 40.2 Å². The third-order valence-corrected chi connectivity index (χ3v) is 9.43. The number of nitrogens with zero attached hydrogens (tertiary/aromatic N) is 1. The lowest BCUT2D eigenvalue weighted by atomic mass is 9.83. The van der Waals surface area contributed by atoms with Crippen LogP contribution in [0.25, 0.3) is 11.6 Å². The Bertz CT molecular complexity index is 1410. The van der Waals surface area contributed by atoms with Gasteiger partial charge in [0.1, 0.15) is 9.81 Å². The van der Waals surface area contributed by atoms with E-state index in [1.807, 2.05) is 69.3 Å². The van der Waals surface area contributed by atoms with Crippen molar-refractivity contribution in [2.75, 3.05) is 18.1 Å². The van der Waals surface area contributed by atoms with Gasteiger partial charge in [0, 0.05) is 17.2 Å². The highest BCUT2D eigenvalue weighted by Crippen LogP contribution is 2.56. The molecule has 4 rings (SSSR count). The number of aryl methyl sites for hydroxylation is 1. The van der Waals surface area contributed by atoms with E-state index in [4.69, 9.17) is 21.7 Å². The molecule has 0 saturated heterocycles. The van der Waals surface area contributed by atoms with E-state index < -0.39 is 17.5 Å². The van der Waals surface area contributed by atoms with Crippen molar-refractivity contribution in [1.82, 2.24) is 0 Å². The molecule has 2 aliphatic heterocycles. The van der Waals surface area contributed by atoms with Crippen LogP contribution in [-0.2, 0) is 23.9 Å². The minimum Gasteiger partial charge on any atom is -0.462 e. The molecule has 202 valence electrons. The van der Waals surface area contributed by atoms with Crippen LogP contribution < -0.4 is 4.90 Å². The highest BCUT2D eigenvalue weighted by atomic mass is 32.2. The maximum absolute atomic E-state index is 13.7. The molecule has 0 aliphatic carbocycles. The van der Waals surface area contributed by atoms with Gasteiger partial charge in [-0.15, -0.1) is 0 Å². The molecule has 2 aromatic rings. The lowest BCUT2D eigenvalue weighted by molar-refractivity contribution is -0.140. The van der Waals surface area contributed by atoms with Gasteiger partial charge in [0.25, 0.3) is 5.91 Å². The second-order valence-corrected chi connectivity index (χ2v) is 12.0. The number of carbonyl (C=O) groups is 3. The molecule has 2 aromatic carbocycles. The van der Waals surface area contributed by atoms with Crippen LogP contribution in [0.3, 0.4) is 0 Å². The molecule has 0 unspecified atom stereocenters. The first kappa shape index (κ1) is 28.9. The average Bonchev–Trinajstić information content (AvgIpc) is 3.34. The SMILES string of the molecule is CCOC(=O)C1=C(C(=O)OCC)SC(=C2C(=S)C(C)(C)N(C(=O)C=Cc3ccccc3)c3cc(C)ccc32)S1. The van der Waals surface area contributed by atoms with Crippen LogP contribution >= 0.6 is 35.7 Å². The standard InChI is InChI=1S/C30H29NO5S3/c1-6-35-27(33)24-25(28(34)36-7-2)39-29(38-24)23-20-15-13-18(3)17-21(20)31(30(4,5)26(23)37)22(32)16-14-19-11-9-8-10-12-19/h8-17H,6-7H2,1-5H3. The van der Waals surface area contributed by atoms with Crippen molar-refractivity contribution in [3.8, 4) is 0 Å². The molecule has 0 bridgehead atoms. The normalized spacial score (nSPS) is 16.5. The summed E-state index contributed by atoms with van der Waals surface area (Å²) in [5.74, 6) is -1.37. The Balaban J connectivity index is 1.83. The largest absolute Gasteiger partial charge is 0.462 e. The zero-order valence-electron chi connectivity index (χ0n) is 22.4. The molecular formula is C30H29NO5S3. The average molecular weight is 580 g/mol. The molecular weight excluding hydrogens is 551 g/mol. The molecule has 0 radical (unpaired) electrons. The number of fused-ring (bicyclic) bond motifs is 1. The second-order valence-electron chi connectivity index (χ2n) is 9.29. The molecule has 0 saturated carbocycles. The molecule has 6 nitrogen and oxygen atoms in total. The van der Waals surface area contributed by atoms with Crippen LogP contribution in [0, 0.1) is 6.92 Å². The highest BCUT2D eigenvalue weighted by Gasteiger charge is 2.45. The summed E-state index contributed by atoms with van der Waals surface area (Å²) in [5, 5.41) is 0. The van der Waals surface area contributed by atoms with Gasteiger partial charge < -0.3 is 9.47 Å². The number of amides is 1. The number of thiocarbonyl (C=S) groups is 1. The van der Waals surface area contributed by atoms with Gasteiger partial charge in [0.15, 0.2) is 0 Å². The van der Waals surface area contributed by atoms with Crippen LogP contribution in [0.1, 0.15) is 44.4 Å². The van der Waals surface area contributed by atoms with Gasteiger partial charge in [-0.3, -0.25) is 9.69 Å². The topological polar surface area (TPSA) is 72.9 Å². The molecule has 9 heteroatoms. The Morgan fingerprint density at radius 3 is 2.10 bits per heavy atom. The van der Waals surface area contributed by atoms with Gasteiger partial charge in [-0.2, -0.15) is 0 Å². The van der Waals surface area contributed by atoms with Crippen LogP contribution in [0.2, 0.25) is 0 Å². The van der Waals surface area contributed by atoms with Crippen molar-refractivity contribution in [1.29, 1.82) is 0 Å². The summed E-state index contributed by atoms with van der Waals surface area (Å²) in [6.45, 7) is 9.56. The van der Waals surface area contributed by atoms with E-state index in [1.54, 1.807) is 30.9 Å². The Kier molecular flexibility index (Phi) is 8.83. The number of carbonyl (C=O) groups excluding carboxylic acids is 3. The molecule has 2 heterocycles. The van der Waals surface area contributed by atoms with E-state index in [0.717, 1.165) is 45.8 Å². The van der Waals surface area contributed by atoms with Gasteiger partial charge in [0.2, 0.25) is 0 Å². The number of hydrogen-bond donors (Lipinski definition) is 0. The van der Waals surface area contributed by atoms with Crippen molar-refractivity contribution in [3.05, 3.63) is 85.3 Å². The number of benzene rings is 2. The van der Waals surface area contributed by atoms with E-state index in [-0.39, 0.29) is 28.9 Å². The van der Waals surface area contributed by atoms with Crippen molar-refractivity contribution >= 4 is 75.8 Å². The fourth-order valence-corrected chi connectivity index (χ4v) is 7.32. The monoisotopic (exact) mass is 579 g/mol. The lowest BCUT2D eigenvalue weighted by Gasteiger charge is -2.45. The summed E-state index contributed by atoms with van der Waals surface area (Å²) in [6.07, 6.45) is 3.34. The predicted molar refractivity (Wildman–Crippen MR) is 163 cm³/mol. The number of thioether (sulfide) groups is 2. The van der Waals surface area contributed by atoms with E-state index >= 15 is 0 Å². The molecule has 0 N–H and O–H groups in total. The van der Waals surface area contributed by atoms with Crippen LogP contribution in [0.5, 0.6) is 0 Å². The summed E-state index contributed by atoms with van der Waals surface area (Å²) in [7, 11) is 0. The summed E-state index contributed by atoms with van der Waals surface area (Å²) in [6, 6.07) is 15.5. The quantitative estimate of drug-likeness (QED) is 0.213. The number of hydrogen-bond acceptors (Lipinski definition) is 8. The molecule has 39 heavy (non-hydrogen) atoms. The minimum absolute atomic E-state index is 0.177. The Labute approximate surface area is 242 Å². The Morgan fingerprint density at radius 1 is 0.949 bits per heavy atom. The third-order valence-electron chi connectivity index (χ3n) is 6.17. The van der Waals surface area contributed by atoms with Gasteiger partial charge in [-0.05, 0) is 57.9 Å². The number of esters is 2. The van der Waals surface area contributed by atoms with Crippen molar-refractivity contribution in [3.63, 3.8) is 0 Å². The zero-order valence-corrected chi connectivity index (χ0v) is 24.9. The molecule has 1 amide bonds. The van der Waals surface area contributed by atoms with E-state index in [0.29, 0.717) is 14.8 Å². The van der Waals surface area contributed by atoms with Gasteiger partial charge in [0.05, 0.1) is 33.5 Å².